The van der Waals surface area contributed by atoms with Crippen LogP contribution in [0.1, 0.15) is 31.8 Å². The number of carbonyl (C=O) groups is 2. The number of aromatic nitrogens is 1. The van der Waals surface area contributed by atoms with Crippen LogP contribution in [0.5, 0.6) is 5.75 Å². The highest BCUT2D eigenvalue weighted by atomic mass is 19.4. The number of hydrogen-bond acceptors (Lipinski definition) is 4. The molecule has 0 saturated carbocycles. The molecule has 0 atom stereocenters. The average Bonchev–Trinajstić information content (AvgIpc) is 2.87. The second kappa shape index (κ2) is 9.94. The van der Waals surface area contributed by atoms with Gasteiger partial charge in [-0.15, -0.1) is 0 Å². The SMILES string of the molecule is O=C(c1ccc(C(F)(F)F)cc1)N1CCN(C(=O)c2cccc(OCc3cccnc3)c2)CC1. The Kier molecular flexibility index (Phi) is 6.81. The molecule has 1 aliphatic heterocycles. The molecule has 1 aromatic heterocycles. The lowest BCUT2D eigenvalue weighted by atomic mass is 10.1. The third-order valence-corrected chi connectivity index (χ3v) is 5.52. The first-order valence-electron chi connectivity index (χ1n) is 10.7. The van der Waals surface area contributed by atoms with E-state index >= 15 is 0 Å². The van der Waals surface area contributed by atoms with Crippen molar-refractivity contribution >= 4 is 11.8 Å². The van der Waals surface area contributed by atoms with Crippen molar-refractivity contribution in [3.05, 3.63) is 95.3 Å². The van der Waals surface area contributed by atoms with Crippen LogP contribution >= 0.6 is 0 Å². The van der Waals surface area contributed by atoms with E-state index in [4.69, 9.17) is 4.74 Å². The zero-order valence-corrected chi connectivity index (χ0v) is 18.2. The van der Waals surface area contributed by atoms with Gasteiger partial charge in [-0.2, -0.15) is 13.2 Å². The summed E-state index contributed by atoms with van der Waals surface area (Å²) in [5.74, 6) is 0.0332. The van der Waals surface area contributed by atoms with E-state index in [1.807, 2.05) is 12.1 Å². The fourth-order valence-electron chi connectivity index (χ4n) is 3.65. The van der Waals surface area contributed by atoms with Gasteiger partial charge in [0.2, 0.25) is 0 Å². The molecular formula is C25H22F3N3O3. The Bertz CT molecular complexity index is 1140. The minimum atomic E-state index is -4.45. The van der Waals surface area contributed by atoms with Gasteiger partial charge in [0.1, 0.15) is 12.4 Å². The molecule has 176 valence electrons. The summed E-state index contributed by atoms with van der Waals surface area (Å²) in [5.41, 5.74) is 0.775. The maximum atomic E-state index is 13.0. The summed E-state index contributed by atoms with van der Waals surface area (Å²) < 4.78 is 44.0. The van der Waals surface area contributed by atoms with Crippen LogP contribution in [0.3, 0.4) is 0 Å². The third kappa shape index (κ3) is 5.54. The van der Waals surface area contributed by atoms with Gasteiger partial charge in [0, 0.05) is 55.3 Å². The maximum absolute atomic E-state index is 13.0. The fraction of sp³-hybridized carbons (Fsp3) is 0.240. The molecule has 0 unspecified atom stereocenters. The highest BCUT2D eigenvalue weighted by Crippen LogP contribution is 2.29. The van der Waals surface area contributed by atoms with Gasteiger partial charge in [0.25, 0.3) is 11.8 Å². The van der Waals surface area contributed by atoms with Crippen LogP contribution in [-0.4, -0.2) is 52.8 Å². The Morgan fingerprint density at radius 2 is 1.50 bits per heavy atom. The number of carbonyl (C=O) groups excluding carboxylic acids is 2. The van der Waals surface area contributed by atoms with Crippen molar-refractivity contribution in [2.75, 3.05) is 26.2 Å². The van der Waals surface area contributed by atoms with Gasteiger partial charge in [-0.25, -0.2) is 0 Å². The van der Waals surface area contributed by atoms with Crippen LogP contribution in [0.25, 0.3) is 0 Å². The lowest BCUT2D eigenvalue weighted by Crippen LogP contribution is -2.50. The van der Waals surface area contributed by atoms with Gasteiger partial charge in [0.15, 0.2) is 0 Å². The van der Waals surface area contributed by atoms with Crippen LogP contribution < -0.4 is 4.74 Å². The monoisotopic (exact) mass is 469 g/mol. The summed E-state index contributed by atoms with van der Waals surface area (Å²) >= 11 is 0. The number of piperazine rings is 1. The first kappa shape index (κ1) is 23.3. The molecule has 9 heteroatoms. The Morgan fingerprint density at radius 1 is 0.853 bits per heavy atom. The Hall–Kier alpha value is -3.88. The molecule has 3 aromatic rings. The Morgan fingerprint density at radius 3 is 2.09 bits per heavy atom. The minimum Gasteiger partial charge on any atom is -0.489 e. The topological polar surface area (TPSA) is 62.7 Å². The van der Waals surface area contributed by atoms with Gasteiger partial charge in [-0.1, -0.05) is 12.1 Å². The molecular weight excluding hydrogens is 447 g/mol. The number of rotatable bonds is 5. The largest absolute Gasteiger partial charge is 0.489 e. The Labute approximate surface area is 194 Å². The molecule has 0 N–H and O–H groups in total. The summed E-state index contributed by atoms with van der Waals surface area (Å²) in [6.07, 6.45) is -1.06. The predicted molar refractivity (Wildman–Crippen MR) is 118 cm³/mol. The lowest BCUT2D eigenvalue weighted by Gasteiger charge is -2.35. The van der Waals surface area contributed by atoms with Crippen LogP contribution in [0.2, 0.25) is 0 Å². The van der Waals surface area contributed by atoms with E-state index in [1.165, 1.54) is 12.1 Å². The molecule has 2 amide bonds. The summed E-state index contributed by atoms with van der Waals surface area (Å²) in [7, 11) is 0. The van der Waals surface area contributed by atoms with E-state index in [0.717, 1.165) is 17.7 Å². The first-order chi connectivity index (χ1) is 16.3. The molecule has 1 saturated heterocycles. The second-order valence-electron chi connectivity index (χ2n) is 7.84. The molecule has 6 nitrogen and oxygen atoms in total. The van der Waals surface area contributed by atoms with Crippen molar-refractivity contribution < 1.29 is 27.5 Å². The van der Waals surface area contributed by atoms with E-state index in [2.05, 4.69) is 4.98 Å². The van der Waals surface area contributed by atoms with E-state index in [0.29, 0.717) is 44.1 Å². The number of halogens is 3. The average molecular weight is 469 g/mol. The summed E-state index contributed by atoms with van der Waals surface area (Å²) in [4.78, 5) is 32.8. The van der Waals surface area contributed by atoms with Gasteiger partial charge in [-0.05, 0) is 48.5 Å². The fourth-order valence-corrected chi connectivity index (χ4v) is 3.65. The maximum Gasteiger partial charge on any atom is 0.416 e. The van der Waals surface area contributed by atoms with Crippen molar-refractivity contribution in [1.29, 1.82) is 0 Å². The highest BCUT2D eigenvalue weighted by molar-refractivity contribution is 5.96. The van der Waals surface area contributed by atoms with Crippen molar-refractivity contribution in [2.45, 2.75) is 12.8 Å². The zero-order valence-electron chi connectivity index (χ0n) is 18.2. The highest BCUT2D eigenvalue weighted by Gasteiger charge is 2.31. The predicted octanol–water partition coefficient (Wildman–Crippen LogP) is 4.28. The van der Waals surface area contributed by atoms with Gasteiger partial charge < -0.3 is 14.5 Å². The first-order valence-corrected chi connectivity index (χ1v) is 10.7. The van der Waals surface area contributed by atoms with E-state index < -0.39 is 11.7 Å². The number of ether oxygens (including phenoxy) is 1. The van der Waals surface area contributed by atoms with Gasteiger partial charge >= 0.3 is 6.18 Å². The lowest BCUT2D eigenvalue weighted by molar-refractivity contribution is -0.137. The number of nitrogens with zero attached hydrogens (tertiary/aromatic N) is 3. The van der Waals surface area contributed by atoms with E-state index in [1.54, 1.807) is 46.5 Å². The number of pyridine rings is 1. The smallest absolute Gasteiger partial charge is 0.416 e. The molecule has 4 rings (SSSR count). The quantitative estimate of drug-likeness (QED) is 0.560. The van der Waals surface area contributed by atoms with Crippen LogP contribution in [-0.2, 0) is 12.8 Å². The Balaban J connectivity index is 1.33. The van der Waals surface area contributed by atoms with Gasteiger partial charge in [0.05, 0.1) is 5.56 Å². The van der Waals surface area contributed by atoms with E-state index in [9.17, 15) is 22.8 Å². The summed E-state index contributed by atoms with van der Waals surface area (Å²) in [6, 6.07) is 14.8. The van der Waals surface area contributed by atoms with E-state index in [-0.39, 0.29) is 17.4 Å². The third-order valence-electron chi connectivity index (χ3n) is 5.52. The summed E-state index contributed by atoms with van der Waals surface area (Å²) in [5, 5.41) is 0. The van der Waals surface area contributed by atoms with Crippen molar-refractivity contribution in [3.8, 4) is 5.75 Å². The number of amides is 2. The van der Waals surface area contributed by atoms with Crippen molar-refractivity contribution in [2.24, 2.45) is 0 Å². The second-order valence-corrected chi connectivity index (χ2v) is 7.84. The molecule has 0 spiro atoms. The zero-order chi connectivity index (χ0) is 24.1. The molecule has 2 aromatic carbocycles. The van der Waals surface area contributed by atoms with Crippen molar-refractivity contribution in [3.63, 3.8) is 0 Å². The molecule has 1 fully saturated rings. The standard InChI is InChI=1S/C25H22F3N3O3/c26-25(27,28)21-8-6-19(7-9-21)23(32)30-11-13-31(14-12-30)24(33)20-4-1-5-22(15-20)34-17-18-3-2-10-29-16-18/h1-10,15-16H,11-14,17H2. The molecule has 0 aliphatic carbocycles. The molecule has 34 heavy (non-hydrogen) atoms. The summed E-state index contributed by atoms with van der Waals surface area (Å²) in [6.45, 7) is 1.57. The normalized spacial score (nSPS) is 14.1. The minimum absolute atomic E-state index is 0.173. The number of benzene rings is 2. The number of alkyl halides is 3. The molecule has 1 aliphatic rings. The van der Waals surface area contributed by atoms with Crippen molar-refractivity contribution in [1.82, 2.24) is 14.8 Å². The van der Waals surface area contributed by atoms with Crippen LogP contribution in [0.4, 0.5) is 13.2 Å². The molecule has 0 radical (unpaired) electrons. The number of hydrogen-bond donors (Lipinski definition) is 0. The molecule has 2 heterocycles. The van der Waals surface area contributed by atoms with Crippen LogP contribution in [0, 0.1) is 0 Å². The molecule has 0 bridgehead atoms. The van der Waals surface area contributed by atoms with Crippen LogP contribution in [0.15, 0.2) is 73.1 Å². The van der Waals surface area contributed by atoms with Gasteiger partial charge in [-0.3, -0.25) is 14.6 Å².